The van der Waals surface area contributed by atoms with Crippen LogP contribution in [0.15, 0.2) is 0 Å². The molecule has 3 fully saturated rings. The molecule has 5 atom stereocenters. The first kappa shape index (κ1) is 26.9. The Bertz CT molecular complexity index is 866. The van der Waals surface area contributed by atoms with Crippen molar-refractivity contribution in [2.45, 2.75) is 97.4 Å². The molecule has 1 aliphatic heterocycles. The number of amides is 4. The van der Waals surface area contributed by atoms with Crippen LogP contribution < -0.4 is 16.4 Å². The molecule has 0 aromatic heterocycles. The molecule has 2 saturated carbocycles. The van der Waals surface area contributed by atoms with Gasteiger partial charge in [0.2, 0.25) is 17.6 Å². The van der Waals surface area contributed by atoms with E-state index in [1.165, 1.54) is 0 Å². The molecule has 0 aromatic carbocycles. The molecule has 3 rings (SSSR count). The first-order valence-corrected chi connectivity index (χ1v) is 12.8. The minimum absolute atomic E-state index is 0.0276. The number of nitrogens with zero attached hydrogens (tertiary/aromatic N) is 1. The summed E-state index contributed by atoms with van der Waals surface area (Å²) in [5.41, 5.74) is 5.06. The lowest BCUT2D eigenvalue weighted by atomic mass is 9.94. The standard InChI is InChI=1S/C25H40N4O6/c1-6-9-16(20(30)21(26)31)27-22(32)19-17-15(25(17,4)5)12-29(19)23(33)18(14-10-7-8-11-14)28-24(34)35-13(2)3/h13-19H,6-12H2,1-5H3,(H2,26,31)(H,27,32)(H,28,34)/t15-,16?,17-,18-,19-/m0/s1. The number of rotatable bonds is 10. The first-order chi connectivity index (χ1) is 16.4. The van der Waals surface area contributed by atoms with Gasteiger partial charge >= 0.3 is 6.09 Å². The van der Waals surface area contributed by atoms with E-state index in [0.29, 0.717) is 13.0 Å². The molecule has 10 nitrogen and oxygen atoms in total. The average Bonchev–Trinajstić information content (AvgIpc) is 3.23. The highest BCUT2D eigenvalue weighted by Gasteiger charge is 2.69. The van der Waals surface area contributed by atoms with Crippen LogP contribution in [-0.2, 0) is 23.9 Å². The second-order valence-corrected chi connectivity index (χ2v) is 11.1. The number of nitrogens with two attached hydrogens (primary N) is 1. The second kappa shape index (κ2) is 10.5. The maximum absolute atomic E-state index is 13.8. The minimum atomic E-state index is -1.10. The van der Waals surface area contributed by atoms with Gasteiger partial charge in [0, 0.05) is 6.54 Å². The van der Waals surface area contributed by atoms with Crippen LogP contribution >= 0.6 is 0 Å². The number of carbonyl (C=O) groups excluding carboxylic acids is 5. The van der Waals surface area contributed by atoms with E-state index in [1.807, 2.05) is 6.92 Å². The summed E-state index contributed by atoms with van der Waals surface area (Å²) in [6, 6.07) is -2.58. The Morgan fingerprint density at radius 3 is 2.26 bits per heavy atom. The Kier molecular flexibility index (Phi) is 8.11. The molecular formula is C25H40N4O6. The summed E-state index contributed by atoms with van der Waals surface area (Å²) in [5, 5.41) is 5.47. The molecule has 0 spiro atoms. The van der Waals surface area contributed by atoms with Gasteiger partial charge in [-0.3, -0.25) is 19.2 Å². The highest BCUT2D eigenvalue weighted by atomic mass is 16.6. The number of Topliss-reactive ketones (excluding diaryl/α,β-unsaturated/α-hetero) is 1. The number of ether oxygens (including phenoxy) is 1. The Morgan fingerprint density at radius 1 is 1.09 bits per heavy atom. The average molecular weight is 493 g/mol. The molecule has 10 heteroatoms. The molecule has 0 aromatic rings. The zero-order chi connectivity index (χ0) is 26.1. The van der Waals surface area contributed by atoms with E-state index >= 15 is 0 Å². The minimum Gasteiger partial charge on any atom is -0.447 e. The lowest BCUT2D eigenvalue weighted by molar-refractivity contribution is -0.144. The maximum atomic E-state index is 13.8. The van der Waals surface area contributed by atoms with Gasteiger partial charge in [0.15, 0.2) is 0 Å². The molecule has 1 saturated heterocycles. The van der Waals surface area contributed by atoms with Gasteiger partial charge in [-0.2, -0.15) is 0 Å². The molecule has 1 unspecified atom stereocenters. The molecule has 196 valence electrons. The molecule has 3 aliphatic rings. The summed E-state index contributed by atoms with van der Waals surface area (Å²) in [6.45, 7) is 9.85. The highest BCUT2D eigenvalue weighted by molar-refractivity contribution is 6.37. The van der Waals surface area contributed by atoms with Crippen molar-refractivity contribution in [3.05, 3.63) is 0 Å². The van der Waals surface area contributed by atoms with Crippen LogP contribution in [0.4, 0.5) is 4.79 Å². The number of ketones is 1. The third-order valence-corrected chi connectivity index (χ3v) is 7.97. The third kappa shape index (κ3) is 5.62. The van der Waals surface area contributed by atoms with E-state index in [4.69, 9.17) is 10.5 Å². The number of hydrogen-bond acceptors (Lipinski definition) is 6. The van der Waals surface area contributed by atoms with Crippen molar-refractivity contribution in [3.63, 3.8) is 0 Å². The van der Waals surface area contributed by atoms with Crippen LogP contribution in [0.3, 0.4) is 0 Å². The summed E-state index contributed by atoms with van der Waals surface area (Å²) in [6.07, 6.45) is 3.45. The zero-order valence-corrected chi connectivity index (χ0v) is 21.5. The second-order valence-electron chi connectivity index (χ2n) is 11.1. The number of carbonyl (C=O) groups is 5. The number of primary amides is 1. The molecule has 2 aliphatic carbocycles. The fraction of sp³-hybridized carbons (Fsp3) is 0.800. The van der Waals surface area contributed by atoms with E-state index in [9.17, 15) is 24.0 Å². The van der Waals surface area contributed by atoms with Crippen LogP contribution in [0.1, 0.15) is 73.1 Å². The van der Waals surface area contributed by atoms with Crippen molar-refractivity contribution in [3.8, 4) is 0 Å². The Hall–Kier alpha value is -2.65. The van der Waals surface area contributed by atoms with Gasteiger partial charge in [-0.05, 0) is 56.3 Å². The van der Waals surface area contributed by atoms with Crippen molar-refractivity contribution in [2.24, 2.45) is 28.9 Å². The monoisotopic (exact) mass is 492 g/mol. The molecule has 0 radical (unpaired) electrons. The summed E-state index contributed by atoms with van der Waals surface area (Å²) in [4.78, 5) is 65.1. The van der Waals surface area contributed by atoms with E-state index in [1.54, 1.807) is 18.7 Å². The van der Waals surface area contributed by atoms with E-state index in [-0.39, 0.29) is 41.6 Å². The first-order valence-electron chi connectivity index (χ1n) is 12.8. The van der Waals surface area contributed by atoms with Crippen molar-refractivity contribution in [1.29, 1.82) is 0 Å². The molecule has 0 bridgehead atoms. The van der Waals surface area contributed by atoms with Gasteiger partial charge < -0.3 is 26.0 Å². The summed E-state index contributed by atoms with van der Waals surface area (Å²) < 4.78 is 5.24. The van der Waals surface area contributed by atoms with E-state index < -0.39 is 41.8 Å². The number of nitrogens with one attached hydrogen (secondary N) is 2. The summed E-state index contributed by atoms with van der Waals surface area (Å²) >= 11 is 0. The zero-order valence-electron chi connectivity index (χ0n) is 21.5. The fourth-order valence-corrected chi connectivity index (χ4v) is 6.03. The Balaban J connectivity index is 1.83. The van der Waals surface area contributed by atoms with Crippen LogP contribution in [0, 0.1) is 23.2 Å². The smallest absolute Gasteiger partial charge is 0.408 e. The predicted octanol–water partition coefficient (Wildman–Crippen LogP) is 1.50. The quantitative estimate of drug-likeness (QED) is 0.394. The van der Waals surface area contributed by atoms with E-state index in [0.717, 1.165) is 25.7 Å². The van der Waals surface area contributed by atoms with E-state index in [2.05, 4.69) is 24.5 Å². The Labute approximate surface area is 207 Å². The lowest BCUT2D eigenvalue weighted by Crippen LogP contribution is -2.59. The number of fused-ring (bicyclic) bond motifs is 1. The van der Waals surface area contributed by atoms with Crippen LogP contribution in [0.25, 0.3) is 0 Å². The molecule has 4 amide bonds. The van der Waals surface area contributed by atoms with Crippen molar-refractivity contribution < 1.29 is 28.7 Å². The largest absolute Gasteiger partial charge is 0.447 e. The maximum Gasteiger partial charge on any atom is 0.408 e. The Morgan fingerprint density at radius 2 is 1.71 bits per heavy atom. The van der Waals surface area contributed by atoms with Gasteiger partial charge in [0.1, 0.15) is 12.1 Å². The van der Waals surface area contributed by atoms with Gasteiger partial charge in [-0.15, -0.1) is 0 Å². The van der Waals surface area contributed by atoms with Gasteiger partial charge in [0.25, 0.3) is 5.91 Å². The molecular weight excluding hydrogens is 452 g/mol. The molecule has 35 heavy (non-hydrogen) atoms. The van der Waals surface area contributed by atoms with Crippen molar-refractivity contribution >= 4 is 29.6 Å². The topological polar surface area (TPSA) is 148 Å². The van der Waals surface area contributed by atoms with Gasteiger partial charge in [-0.25, -0.2) is 4.79 Å². The molecule has 1 heterocycles. The lowest BCUT2D eigenvalue weighted by Gasteiger charge is -2.35. The summed E-state index contributed by atoms with van der Waals surface area (Å²) in [7, 11) is 0. The third-order valence-electron chi connectivity index (χ3n) is 7.97. The predicted molar refractivity (Wildman–Crippen MR) is 128 cm³/mol. The number of hydrogen-bond donors (Lipinski definition) is 3. The normalized spacial score (nSPS) is 26.6. The van der Waals surface area contributed by atoms with Crippen LogP contribution in [0.2, 0.25) is 0 Å². The number of piperidine rings is 1. The number of likely N-dealkylation sites (tertiary alicyclic amines) is 1. The van der Waals surface area contributed by atoms with Crippen molar-refractivity contribution in [2.75, 3.05) is 6.54 Å². The van der Waals surface area contributed by atoms with Crippen molar-refractivity contribution in [1.82, 2.24) is 15.5 Å². The van der Waals surface area contributed by atoms with Crippen LogP contribution in [-0.4, -0.2) is 65.3 Å². The molecule has 4 N–H and O–H groups in total. The fourth-order valence-electron chi connectivity index (χ4n) is 6.03. The highest BCUT2D eigenvalue weighted by Crippen LogP contribution is 2.65. The summed E-state index contributed by atoms with van der Waals surface area (Å²) in [5.74, 6) is -2.64. The SMILES string of the molecule is CCCC(NC(=O)[C@@H]1[C@@H]2[C@H](CN1C(=O)[C@@H](NC(=O)OC(C)C)C1CCCC1)C2(C)C)C(=O)C(N)=O. The van der Waals surface area contributed by atoms with Crippen LogP contribution in [0.5, 0.6) is 0 Å². The van der Waals surface area contributed by atoms with Gasteiger partial charge in [0.05, 0.1) is 12.1 Å². The van der Waals surface area contributed by atoms with Gasteiger partial charge in [-0.1, -0.05) is 40.0 Å². The number of alkyl carbamates (subject to hydrolysis) is 1.